The number of piperidine rings is 1. The molecule has 0 atom stereocenters. The molecule has 0 bridgehead atoms. The largest absolute Gasteiger partial charge is 0.573 e. The first-order valence-electron chi connectivity index (χ1n) is 12.6. The fourth-order valence-electron chi connectivity index (χ4n) is 5.26. The fourth-order valence-corrected chi connectivity index (χ4v) is 6.38. The number of nitrogens with two attached hydrogens (primary N) is 1. The maximum atomic E-state index is 13.3. The number of ether oxygens (including phenoxy) is 1. The Balaban J connectivity index is 1.39. The van der Waals surface area contributed by atoms with Gasteiger partial charge >= 0.3 is 6.36 Å². The third-order valence-electron chi connectivity index (χ3n) is 7.10. The number of thioether (sulfide) groups is 1. The molecule has 1 aromatic heterocycles. The van der Waals surface area contributed by atoms with E-state index in [1.807, 2.05) is 23.1 Å². The van der Waals surface area contributed by atoms with E-state index in [1.165, 1.54) is 16.7 Å². The summed E-state index contributed by atoms with van der Waals surface area (Å²) < 4.78 is 42.6. The minimum atomic E-state index is -4.74. The van der Waals surface area contributed by atoms with Gasteiger partial charge in [-0.1, -0.05) is 0 Å². The second-order valence-electron chi connectivity index (χ2n) is 9.63. The van der Waals surface area contributed by atoms with Crippen molar-refractivity contribution in [3.8, 4) is 5.75 Å². The van der Waals surface area contributed by atoms with Gasteiger partial charge in [-0.15, -0.1) is 24.9 Å². The maximum absolute atomic E-state index is 13.3. The van der Waals surface area contributed by atoms with Crippen molar-refractivity contribution < 1.29 is 27.5 Å². The predicted molar refractivity (Wildman–Crippen MR) is 144 cm³/mol. The highest BCUT2D eigenvalue weighted by atomic mass is 32.2. The summed E-state index contributed by atoms with van der Waals surface area (Å²) in [6, 6.07) is 11.3. The summed E-state index contributed by atoms with van der Waals surface area (Å²) in [5, 5.41) is 0.894. The quantitative estimate of drug-likeness (QED) is 0.479. The lowest BCUT2D eigenvalue weighted by molar-refractivity contribution is -0.274. The Morgan fingerprint density at radius 2 is 1.74 bits per heavy atom. The van der Waals surface area contributed by atoms with E-state index in [2.05, 4.69) is 4.74 Å². The Morgan fingerprint density at radius 3 is 2.33 bits per heavy atom. The minimum Gasteiger partial charge on any atom is -0.406 e. The molecular weight excluding hydrogens is 533 g/mol. The van der Waals surface area contributed by atoms with Crippen LogP contribution in [0.3, 0.4) is 0 Å². The van der Waals surface area contributed by atoms with Crippen LogP contribution < -0.4 is 25.8 Å². The lowest BCUT2D eigenvalue weighted by Crippen LogP contribution is -2.39. The summed E-state index contributed by atoms with van der Waals surface area (Å²) in [7, 11) is 1.59. The van der Waals surface area contributed by atoms with Gasteiger partial charge in [0.15, 0.2) is 0 Å². The summed E-state index contributed by atoms with van der Waals surface area (Å²) in [6.07, 6.45) is -2.02. The van der Waals surface area contributed by atoms with E-state index in [9.17, 15) is 27.6 Å². The number of aryl methyl sites for hydroxylation is 1. The summed E-state index contributed by atoms with van der Waals surface area (Å²) in [6.45, 7) is 1.73. The fraction of sp³-hybridized carbons (Fsp3) is 0.370. The van der Waals surface area contributed by atoms with Crippen LogP contribution in [0.5, 0.6) is 5.75 Å². The number of fused-ring (bicyclic) bond motifs is 1. The van der Waals surface area contributed by atoms with Gasteiger partial charge in [-0.2, -0.15) is 0 Å². The maximum Gasteiger partial charge on any atom is 0.573 e. The number of hydrogen-bond donors (Lipinski definition) is 1. The normalized spacial score (nSPS) is 16.8. The molecule has 3 heterocycles. The van der Waals surface area contributed by atoms with Crippen molar-refractivity contribution in [1.29, 1.82) is 0 Å². The van der Waals surface area contributed by atoms with Crippen molar-refractivity contribution >= 4 is 45.9 Å². The zero-order valence-corrected chi connectivity index (χ0v) is 22.0. The van der Waals surface area contributed by atoms with Crippen LogP contribution in [0.15, 0.2) is 52.2 Å². The lowest BCUT2D eigenvalue weighted by atomic mass is 10.0. The second-order valence-corrected chi connectivity index (χ2v) is 11.0. The molecule has 206 valence electrons. The van der Waals surface area contributed by atoms with E-state index in [1.54, 1.807) is 35.8 Å². The van der Waals surface area contributed by atoms with Crippen molar-refractivity contribution in [3.05, 3.63) is 58.4 Å². The number of benzene rings is 2. The third kappa shape index (κ3) is 5.56. The highest BCUT2D eigenvalue weighted by Gasteiger charge is 2.31. The molecule has 0 spiro atoms. The molecule has 0 radical (unpaired) electrons. The number of amides is 2. The van der Waals surface area contributed by atoms with Gasteiger partial charge in [-0.3, -0.25) is 14.4 Å². The molecule has 2 N–H and O–H groups in total. The molecular formula is C27H27F3N4O4S. The number of pyridine rings is 1. The van der Waals surface area contributed by atoms with Crippen molar-refractivity contribution in [2.24, 2.45) is 12.8 Å². The molecule has 2 aliphatic rings. The topological polar surface area (TPSA) is 97.9 Å². The number of rotatable bonds is 6. The molecule has 12 heteroatoms. The van der Waals surface area contributed by atoms with Crippen LogP contribution in [0.2, 0.25) is 0 Å². The highest BCUT2D eigenvalue weighted by Crippen LogP contribution is 2.37. The standard InChI is InChI=1S/C27H27F3N4O4S/c1-32-21-15-16(34-12-2-3-22(34)35)4-9-20(21)24(23(25(31)36)26(32)37)33-13-10-19(11-14-33)39-18-7-5-17(6-8-18)38-27(28,29)30/h4-9,15,19H,2-3,10-14H2,1H3,(H2,31,36). The average Bonchev–Trinajstić information content (AvgIpc) is 3.32. The van der Waals surface area contributed by atoms with Crippen LogP contribution in [-0.4, -0.2) is 47.6 Å². The zero-order valence-electron chi connectivity index (χ0n) is 21.2. The van der Waals surface area contributed by atoms with Crippen LogP contribution in [-0.2, 0) is 11.8 Å². The number of halogens is 3. The summed E-state index contributed by atoms with van der Waals surface area (Å²) in [5.41, 5.74) is 6.94. The van der Waals surface area contributed by atoms with Gasteiger partial charge < -0.3 is 24.8 Å². The summed E-state index contributed by atoms with van der Waals surface area (Å²) in [5.74, 6) is -1.03. The molecule has 39 heavy (non-hydrogen) atoms. The molecule has 0 saturated carbocycles. The van der Waals surface area contributed by atoms with Gasteiger partial charge in [-0.05, 0) is 61.7 Å². The van der Waals surface area contributed by atoms with Crippen LogP contribution in [0.25, 0.3) is 10.9 Å². The molecule has 0 aliphatic carbocycles. The van der Waals surface area contributed by atoms with E-state index in [0.717, 1.165) is 24.2 Å². The van der Waals surface area contributed by atoms with Gasteiger partial charge in [0.25, 0.3) is 11.5 Å². The molecule has 2 aromatic carbocycles. The first-order chi connectivity index (χ1) is 18.5. The van der Waals surface area contributed by atoms with E-state index >= 15 is 0 Å². The number of carbonyl (C=O) groups excluding carboxylic acids is 2. The third-order valence-corrected chi connectivity index (χ3v) is 8.45. The predicted octanol–water partition coefficient (Wildman–Crippen LogP) is 4.42. The number of aromatic nitrogens is 1. The SMILES string of the molecule is Cn1c(=O)c(C(N)=O)c(N2CCC(Sc3ccc(OC(F)(F)F)cc3)CC2)c2ccc(N3CCCC3=O)cc21. The lowest BCUT2D eigenvalue weighted by Gasteiger charge is -2.35. The number of alkyl halides is 3. The molecule has 2 amide bonds. The molecule has 8 nitrogen and oxygen atoms in total. The monoisotopic (exact) mass is 560 g/mol. The molecule has 0 unspecified atom stereocenters. The summed E-state index contributed by atoms with van der Waals surface area (Å²) in [4.78, 5) is 42.6. The van der Waals surface area contributed by atoms with Crippen LogP contribution in [0, 0.1) is 0 Å². The smallest absolute Gasteiger partial charge is 0.406 e. The first kappa shape index (κ1) is 26.9. The van der Waals surface area contributed by atoms with Crippen LogP contribution >= 0.6 is 11.8 Å². The van der Waals surface area contributed by atoms with E-state index in [0.29, 0.717) is 48.3 Å². The Morgan fingerprint density at radius 1 is 1.05 bits per heavy atom. The van der Waals surface area contributed by atoms with Gasteiger partial charge in [-0.25, -0.2) is 0 Å². The molecule has 2 saturated heterocycles. The van der Waals surface area contributed by atoms with E-state index in [4.69, 9.17) is 5.73 Å². The molecule has 3 aromatic rings. The van der Waals surface area contributed by atoms with E-state index in [-0.39, 0.29) is 22.5 Å². The Hall–Kier alpha value is -3.67. The molecule has 2 fully saturated rings. The Bertz CT molecular complexity index is 1480. The zero-order chi connectivity index (χ0) is 27.9. The van der Waals surface area contributed by atoms with Crippen LogP contribution in [0.1, 0.15) is 36.0 Å². The van der Waals surface area contributed by atoms with Gasteiger partial charge in [0.1, 0.15) is 11.3 Å². The molecule has 5 rings (SSSR count). The van der Waals surface area contributed by atoms with Crippen molar-refractivity contribution in [1.82, 2.24) is 4.57 Å². The number of anilines is 2. The van der Waals surface area contributed by atoms with Crippen LogP contribution in [0.4, 0.5) is 24.5 Å². The minimum absolute atomic E-state index is 0.0374. The number of primary amides is 1. The number of nitrogens with zero attached hydrogens (tertiary/aromatic N) is 3. The van der Waals surface area contributed by atoms with Crippen molar-refractivity contribution in [2.75, 3.05) is 29.4 Å². The number of carbonyl (C=O) groups is 2. The number of hydrogen-bond acceptors (Lipinski definition) is 6. The van der Waals surface area contributed by atoms with Gasteiger partial charge in [0.05, 0.1) is 11.2 Å². The van der Waals surface area contributed by atoms with Gasteiger partial charge in [0, 0.05) is 54.3 Å². The molecule has 2 aliphatic heterocycles. The van der Waals surface area contributed by atoms with Crippen molar-refractivity contribution in [2.45, 2.75) is 42.2 Å². The highest BCUT2D eigenvalue weighted by molar-refractivity contribution is 8.00. The van der Waals surface area contributed by atoms with Crippen molar-refractivity contribution in [3.63, 3.8) is 0 Å². The second kappa shape index (κ2) is 10.5. The Kier molecular flexibility index (Phi) is 7.23. The van der Waals surface area contributed by atoms with Gasteiger partial charge in [0.2, 0.25) is 5.91 Å². The average molecular weight is 561 g/mol. The Labute approximate surface area is 226 Å². The first-order valence-corrected chi connectivity index (χ1v) is 13.4. The summed E-state index contributed by atoms with van der Waals surface area (Å²) >= 11 is 1.57. The van der Waals surface area contributed by atoms with E-state index < -0.39 is 17.8 Å².